The average Bonchev–Trinajstić information content (AvgIpc) is 2.76. The third-order valence-corrected chi connectivity index (χ3v) is 5.45. The minimum absolute atomic E-state index is 0.0515. The van der Waals surface area contributed by atoms with Crippen LogP contribution in [0.15, 0.2) is 36.4 Å². The van der Waals surface area contributed by atoms with Crippen LogP contribution in [-0.2, 0) is 5.60 Å². The molecule has 0 radical (unpaired) electrons. The molecule has 0 bridgehead atoms. The quantitative estimate of drug-likeness (QED) is 0.685. The van der Waals surface area contributed by atoms with Crippen molar-refractivity contribution >= 4 is 0 Å². The first-order chi connectivity index (χ1) is 13.4. The fraction of sp³-hybridized carbons (Fsp3) is 0.455. The van der Waals surface area contributed by atoms with Gasteiger partial charge in [-0.1, -0.05) is 26.0 Å². The number of aliphatic hydroxyl groups is 2. The number of methoxy groups -OCH3 is 4. The highest BCUT2D eigenvalue weighted by atomic mass is 16.5. The molecule has 154 valence electrons. The predicted molar refractivity (Wildman–Crippen MR) is 108 cm³/mol. The van der Waals surface area contributed by atoms with Crippen molar-refractivity contribution in [2.24, 2.45) is 11.8 Å². The van der Waals surface area contributed by atoms with E-state index in [2.05, 4.69) is 0 Å². The summed E-state index contributed by atoms with van der Waals surface area (Å²) in [5.41, 5.74) is -0.142. The molecule has 2 aromatic rings. The number of aliphatic hydroxyl groups excluding tert-OH is 1. The Morgan fingerprint density at radius 1 is 0.750 bits per heavy atom. The average molecular weight is 390 g/mol. The third-order valence-electron chi connectivity index (χ3n) is 5.45. The van der Waals surface area contributed by atoms with Crippen LogP contribution in [0.5, 0.6) is 23.0 Å². The van der Waals surface area contributed by atoms with Crippen LogP contribution >= 0.6 is 0 Å². The maximum Gasteiger partial charge on any atom is 0.161 e. The molecule has 2 N–H and O–H groups in total. The van der Waals surface area contributed by atoms with E-state index in [9.17, 15) is 10.2 Å². The van der Waals surface area contributed by atoms with E-state index in [-0.39, 0.29) is 18.4 Å². The molecule has 0 unspecified atom stereocenters. The number of rotatable bonds is 9. The lowest BCUT2D eigenvalue weighted by atomic mass is 9.72. The Balaban J connectivity index is 2.71. The summed E-state index contributed by atoms with van der Waals surface area (Å²) in [6.07, 6.45) is 0. The zero-order valence-electron chi connectivity index (χ0n) is 17.4. The summed E-state index contributed by atoms with van der Waals surface area (Å²) in [6.45, 7) is 3.76. The van der Waals surface area contributed by atoms with E-state index in [1.54, 1.807) is 64.8 Å². The van der Waals surface area contributed by atoms with Crippen molar-refractivity contribution in [3.8, 4) is 23.0 Å². The van der Waals surface area contributed by atoms with Gasteiger partial charge in [0.05, 0.1) is 28.4 Å². The molecule has 2 aromatic carbocycles. The highest BCUT2D eigenvalue weighted by Crippen LogP contribution is 2.45. The summed E-state index contributed by atoms with van der Waals surface area (Å²) in [7, 11) is 6.23. The van der Waals surface area contributed by atoms with E-state index in [1.165, 1.54) is 0 Å². The van der Waals surface area contributed by atoms with Gasteiger partial charge in [0, 0.05) is 6.61 Å². The first-order valence-electron chi connectivity index (χ1n) is 9.15. The van der Waals surface area contributed by atoms with Gasteiger partial charge in [0.2, 0.25) is 0 Å². The molecule has 0 amide bonds. The van der Waals surface area contributed by atoms with Gasteiger partial charge in [0.15, 0.2) is 23.0 Å². The summed E-state index contributed by atoms with van der Waals surface area (Å²) in [4.78, 5) is 0. The van der Waals surface area contributed by atoms with E-state index in [0.717, 1.165) is 0 Å². The molecular weight excluding hydrogens is 360 g/mol. The number of benzene rings is 2. The molecule has 28 heavy (non-hydrogen) atoms. The summed E-state index contributed by atoms with van der Waals surface area (Å²) >= 11 is 0. The van der Waals surface area contributed by atoms with Crippen molar-refractivity contribution in [3.05, 3.63) is 47.5 Å². The molecule has 0 aliphatic rings. The second kappa shape index (κ2) is 9.17. The summed E-state index contributed by atoms with van der Waals surface area (Å²) in [5.74, 6) is 1.71. The second-order valence-corrected chi connectivity index (χ2v) is 6.85. The molecule has 0 aliphatic carbocycles. The number of ether oxygens (including phenoxy) is 4. The van der Waals surface area contributed by atoms with Gasteiger partial charge in [-0.3, -0.25) is 0 Å². The molecular formula is C22H30O6. The van der Waals surface area contributed by atoms with Crippen molar-refractivity contribution in [1.82, 2.24) is 0 Å². The van der Waals surface area contributed by atoms with Crippen LogP contribution in [-0.4, -0.2) is 45.3 Å². The third kappa shape index (κ3) is 3.88. The normalized spacial score (nSPS) is 13.6. The summed E-state index contributed by atoms with van der Waals surface area (Å²) < 4.78 is 21.5. The lowest BCUT2D eigenvalue weighted by Crippen LogP contribution is -2.39. The maximum atomic E-state index is 12.0. The van der Waals surface area contributed by atoms with Crippen LogP contribution in [0.3, 0.4) is 0 Å². The van der Waals surface area contributed by atoms with Crippen molar-refractivity contribution < 1.29 is 29.2 Å². The van der Waals surface area contributed by atoms with Crippen LogP contribution in [0.2, 0.25) is 0 Å². The molecule has 0 heterocycles. The van der Waals surface area contributed by atoms with Gasteiger partial charge < -0.3 is 29.2 Å². The Morgan fingerprint density at radius 2 is 1.14 bits per heavy atom. The van der Waals surface area contributed by atoms with Gasteiger partial charge >= 0.3 is 0 Å². The second-order valence-electron chi connectivity index (χ2n) is 6.85. The fourth-order valence-electron chi connectivity index (χ4n) is 3.41. The molecule has 0 spiro atoms. The first-order valence-corrected chi connectivity index (χ1v) is 9.15. The summed E-state index contributed by atoms with van der Waals surface area (Å²) in [5, 5.41) is 21.7. The van der Waals surface area contributed by atoms with Crippen LogP contribution in [0.25, 0.3) is 0 Å². The number of hydrogen-bond acceptors (Lipinski definition) is 6. The molecule has 6 nitrogen and oxygen atoms in total. The van der Waals surface area contributed by atoms with E-state index in [0.29, 0.717) is 34.1 Å². The lowest BCUT2D eigenvalue weighted by Gasteiger charge is -2.38. The lowest BCUT2D eigenvalue weighted by molar-refractivity contribution is -0.0118. The molecule has 0 aliphatic heterocycles. The molecule has 6 heteroatoms. The zero-order valence-corrected chi connectivity index (χ0v) is 17.4. The number of hydrogen-bond donors (Lipinski definition) is 2. The molecule has 0 saturated heterocycles. The molecule has 2 rings (SSSR count). The summed E-state index contributed by atoms with van der Waals surface area (Å²) in [6, 6.07) is 10.6. The van der Waals surface area contributed by atoms with Crippen LogP contribution in [0, 0.1) is 11.8 Å². The highest BCUT2D eigenvalue weighted by molar-refractivity contribution is 5.51. The van der Waals surface area contributed by atoms with Gasteiger partial charge in [-0.05, 0) is 47.2 Å². The van der Waals surface area contributed by atoms with Gasteiger partial charge in [0.25, 0.3) is 0 Å². The van der Waals surface area contributed by atoms with E-state index in [4.69, 9.17) is 18.9 Å². The Kier molecular flexibility index (Phi) is 7.16. The van der Waals surface area contributed by atoms with Gasteiger partial charge in [-0.25, -0.2) is 0 Å². The minimum Gasteiger partial charge on any atom is -0.493 e. The maximum absolute atomic E-state index is 12.0. The molecule has 0 saturated carbocycles. The minimum atomic E-state index is -1.40. The van der Waals surface area contributed by atoms with E-state index in [1.807, 2.05) is 13.8 Å². The Hall–Kier alpha value is -2.44. The molecule has 0 aromatic heterocycles. The van der Waals surface area contributed by atoms with E-state index >= 15 is 0 Å². The Labute approximate surface area is 166 Å². The SMILES string of the molecule is COc1ccc(C(O)(c2ccc(OC)c(OC)c2)[C@H](C)[C@@H](C)CO)cc1OC. The topological polar surface area (TPSA) is 77.4 Å². The monoisotopic (exact) mass is 390 g/mol. The van der Waals surface area contributed by atoms with Crippen LogP contribution in [0.4, 0.5) is 0 Å². The Morgan fingerprint density at radius 3 is 1.46 bits per heavy atom. The standard InChI is InChI=1S/C22H30O6/c1-14(13-23)15(2)22(24,16-7-9-18(25-3)20(11-16)27-5)17-8-10-19(26-4)21(12-17)28-6/h7-12,14-15,23-24H,13H2,1-6H3/t14-,15+/m0/s1. The van der Waals surface area contributed by atoms with Crippen molar-refractivity contribution in [2.75, 3.05) is 35.0 Å². The van der Waals surface area contributed by atoms with E-state index < -0.39 is 5.60 Å². The van der Waals surface area contributed by atoms with Crippen molar-refractivity contribution in [1.29, 1.82) is 0 Å². The largest absolute Gasteiger partial charge is 0.493 e. The fourth-order valence-corrected chi connectivity index (χ4v) is 3.41. The van der Waals surface area contributed by atoms with Gasteiger partial charge in [-0.15, -0.1) is 0 Å². The molecule has 0 fully saturated rings. The van der Waals surface area contributed by atoms with Gasteiger partial charge in [0.1, 0.15) is 5.60 Å². The smallest absolute Gasteiger partial charge is 0.161 e. The van der Waals surface area contributed by atoms with Crippen molar-refractivity contribution in [3.63, 3.8) is 0 Å². The van der Waals surface area contributed by atoms with Gasteiger partial charge in [-0.2, -0.15) is 0 Å². The molecule has 2 atom stereocenters. The zero-order chi connectivity index (χ0) is 20.9. The first kappa shape index (κ1) is 21.9. The van der Waals surface area contributed by atoms with Crippen LogP contribution in [0.1, 0.15) is 25.0 Å². The predicted octanol–water partition coefficient (Wildman–Crippen LogP) is 3.22. The Bertz CT molecular complexity index is 733. The highest BCUT2D eigenvalue weighted by Gasteiger charge is 2.41. The van der Waals surface area contributed by atoms with Crippen molar-refractivity contribution in [2.45, 2.75) is 19.4 Å². The van der Waals surface area contributed by atoms with Crippen LogP contribution < -0.4 is 18.9 Å².